The van der Waals surface area contributed by atoms with Crippen LogP contribution in [0.1, 0.15) is 11.1 Å². The average molecular weight is 230 g/mol. The molecule has 1 N–H and O–H groups in total. The zero-order valence-electron chi connectivity index (χ0n) is 8.55. The number of thiazole rings is 1. The smallest absolute Gasteiger partial charge is 0.125 e. The number of aromatic nitrogens is 1. The lowest BCUT2D eigenvalue weighted by molar-refractivity contribution is 0.473. The molecule has 0 atom stereocenters. The third-order valence-corrected chi connectivity index (χ3v) is 3.29. The molecule has 3 rings (SSSR count). The quantitative estimate of drug-likeness (QED) is 0.818. The normalized spacial score (nSPS) is 13.8. The second kappa shape index (κ2) is 3.72. The molecule has 0 saturated heterocycles. The molecule has 0 amide bonds. The van der Waals surface area contributed by atoms with Gasteiger partial charge in [0, 0.05) is 29.3 Å². The molecule has 0 unspecified atom stereocenters. The van der Waals surface area contributed by atoms with Crippen LogP contribution in [0.4, 0.5) is 0 Å². The molecule has 0 saturated carbocycles. The molecule has 0 radical (unpaired) electrons. The van der Waals surface area contributed by atoms with Crippen molar-refractivity contribution in [2.45, 2.75) is 6.42 Å². The highest BCUT2D eigenvalue weighted by Crippen LogP contribution is 2.30. The number of phenols is 1. The number of hydrogen-bond acceptors (Lipinski definition) is 4. The Labute approximate surface area is 97.1 Å². The number of aliphatic imine (C=N–C) groups is 1. The lowest BCUT2D eigenvalue weighted by atomic mass is 9.98. The summed E-state index contributed by atoms with van der Waals surface area (Å²) in [6.45, 7) is 0.799. The van der Waals surface area contributed by atoms with Crippen molar-refractivity contribution in [1.82, 2.24) is 4.98 Å². The van der Waals surface area contributed by atoms with Crippen LogP contribution in [-0.4, -0.2) is 22.8 Å². The first-order valence-corrected chi connectivity index (χ1v) is 6.03. The van der Waals surface area contributed by atoms with Gasteiger partial charge in [-0.15, -0.1) is 11.3 Å². The molecule has 80 valence electrons. The number of phenolic OH excluding ortho intramolecular Hbond substituents is 1. The van der Waals surface area contributed by atoms with Crippen molar-refractivity contribution in [2.24, 2.45) is 4.99 Å². The molecule has 3 nitrogen and oxygen atoms in total. The van der Waals surface area contributed by atoms with Crippen molar-refractivity contribution >= 4 is 17.6 Å². The van der Waals surface area contributed by atoms with Gasteiger partial charge in [0.2, 0.25) is 0 Å². The zero-order chi connectivity index (χ0) is 11.0. The van der Waals surface area contributed by atoms with Gasteiger partial charge in [0.1, 0.15) is 5.75 Å². The Morgan fingerprint density at radius 3 is 3.06 bits per heavy atom. The predicted molar refractivity (Wildman–Crippen MR) is 65.4 cm³/mol. The van der Waals surface area contributed by atoms with Crippen LogP contribution in [0.15, 0.2) is 28.0 Å². The summed E-state index contributed by atoms with van der Waals surface area (Å²) in [5.74, 6) is 0.295. The van der Waals surface area contributed by atoms with Crippen LogP contribution in [-0.2, 0) is 6.42 Å². The molecule has 1 aliphatic heterocycles. The second-order valence-electron chi connectivity index (χ2n) is 3.73. The van der Waals surface area contributed by atoms with Gasteiger partial charge < -0.3 is 5.11 Å². The van der Waals surface area contributed by atoms with E-state index in [1.165, 1.54) is 0 Å². The minimum atomic E-state index is 0.295. The summed E-state index contributed by atoms with van der Waals surface area (Å²) in [6, 6.07) is 3.85. The van der Waals surface area contributed by atoms with E-state index in [-0.39, 0.29) is 0 Å². The maximum absolute atomic E-state index is 9.92. The molecule has 1 aromatic heterocycles. The van der Waals surface area contributed by atoms with E-state index in [4.69, 9.17) is 0 Å². The molecule has 0 aliphatic carbocycles. The first-order valence-electron chi connectivity index (χ1n) is 5.09. The SMILES string of the molecule is Oc1cc(-c2cscn2)cc2c1C=NCC2. The molecule has 1 aliphatic rings. The fourth-order valence-electron chi connectivity index (χ4n) is 1.90. The molecular weight excluding hydrogens is 220 g/mol. The van der Waals surface area contributed by atoms with Crippen LogP contribution < -0.4 is 0 Å². The number of benzene rings is 1. The van der Waals surface area contributed by atoms with Crippen molar-refractivity contribution in [3.05, 3.63) is 34.2 Å². The van der Waals surface area contributed by atoms with Crippen LogP contribution in [0, 0.1) is 0 Å². The summed E-state index contributed by atoms with van der Waals surface area (Å²) >= 11 is 1.56. The largest absolute Gasteiger partial charge is 0.507 e. The predicted octanol–water partition coefficient (Wildman–Crippen LogP) is 2.49. The highest BCUT2D eigenvalue weighted by molar-refractivity contribution is 7.07. The standard InChI is InChI=1S/C12H10N2OS/c15-12-4-9(11-6-16-7-14-11)3-8-1-2-13-5-10(8)12/h3-7,15H,1-2H2. The molecule has 16 heavy (non-hydrogen) atoms. The first-order chi connectivity index (χ1) is 7.84. The monoisotopic (exact) mass is 230 g/mol. The maximum Gasteiger partial charge on any atom is 0.125 e. The van der Waals surface area contributed by atoms with Gasteiger partial charge >= 0.3 is 0 Å². The van der Waals surface area contributed by atoms with Crippen molar-refractivity contribution in [1.29, 1.82) is 0 Å². The van der Waals surface area contributed by atoms with Gasteiger partial charge in [0.15, 0.2) is 0 Å². The first kappa shape index (κ1) is 9.54. The van der Waals surface area contributed by atoms with E-state index in [2.05, 4.69) is 16.0 Å². The van der Waals surface area contributed by atoms with Crippen LogP contribution in [0.2, 0.25) is 0 Å². The van der Waals surface area contributed by atoms with Gasteiger partial charge in [-0.1, -0.05) is 0 Å². The Bertz CT molecular complexity index is 546. The van der Waals surface area contributed by atoms with Gasteiger partial charge in [0.05, 0.1) is 11.2 Å². The summed E-state index contributed by atoms with van der Waals surface area (Å²) in [5, 5.41) is 11.9. The van der Waals surface area contributed by atoms with Crippen LogP contribution in [0.3, 0.4) is 0 Å². The van der Waals surface area contributed by atoms with Crippen molar-refractivity contribution in [3.8, 4) is 17.0 Å². The minimum absolute atomic E-state index is 0.295. The van der Waals surface area contributed by atoms with Gasteiger partial charge in [-0.25, -0.2) is 4.98 Å². The number of fused-ring (bicyclic) bond motifs is 1. The summed E-state index contributed by atoms with van der Waals surface area (Å²) in [6.07, 6.45) is 2.64. The van der Waals surface area contributed by atoms with E-state index < -0.39 is 0 Å². The van der Waals surface area contributed by atoms with Crippen molar-refractivity contribution in [3.63, 3.8) is 0 Å². The van der Waals surface area contributed by atoms with Gasteiger partial charge in [0.25, 0.3) is 0 Å². The fourth-order valence-corrected chi connectivity index (χ4v) is 2.46. The van der Waals surface area contributed by atoms with E-state index in [0.29, 0.717) is 5.75 Å². The summed E-state index contributed by atoms with van der Waals surface area (Å²) in [7, 11) is 0. The second-order valence-corrected chi connectivity index (χ2v) is 4.45. The Morgan fingerprint density at radius 1 is 1.31 bits per heavy atom. The Hall–Kier alpha value is -1.68. The molecular formula is C12H10N2OS. The molecule has 1 aromatic carbocycles. The van der Waals surface area contributed by atoms with Gasteiger partial charge in [-0.05, 0) is 24.1 Å². The molecule has 0 bridgehead atoms. The fraction of sp³-hybridized carbons (Fsp3) is 0.167. The topological polar surface area (TPSA) is 45.5 Å². The summed E-state index contributed by atoms with van der Waals surface area (Å²) < 4.78 is 0. The number of aromatic hydroxyl groups is 1. The van der Waals surface area contributed by atoms with Crippen molar-refractivity contribution < 1.29 is 5.11 Å². The molecule has 2 heterocycles. The third kappa shape index (κ3) is 1.51. The van der Waals surface area contributed by atoms with E-state index in [1.807, 2.05) is 5.38 Å². The summed E-state index contributed by atoms with van der Waals surface area (Å²) in [5.41, 5.74) is 5.70. The number of rotatable bonds is 1. The lowest BCUT2D eigenvalue weighted by Gasteiger charge is -2.12. The lowest BCUT2D eigenvalue weighted by Crippen LogP contribution is -2.03. The average Bonchev–Trinajstić information content (AvgIpc) is 2.82. The van der Waals surface area contributed by atoms with Crippen molar-refractivity contribution in [2.75, 3.05) is 6.54 Å². The molecule has 2 aromatic rings. The Morgan fingerprint density at radius 2 is 2.25 bits per heavy atom. The highest BCUT2D eigenvalue weighted by Gasteiger charge is 2.12. The molecule has 0 fully saturated rings. The van der Waals surface area contributed by atoms with Crippen LogP contribution >= 0.6 is 11.3 Å². The van der Waals surface area contributed by atoms with Crippen LogP contribution in [0.5, 0.6) is 5.75 Å². The van der Waals surface area contributed by atoms with Gasteiger partial charge in [-0.3, -0.25) is 4.99 Å². The maximum atomic E-state index is 9.92. The highest BCUT2D eigenvalue weighted by atomic mass is 32.1. The minimum Gasteiger partial charge on any atom is -0.507 e. The summed E-state index contributed by atoms with van der Waals surface area (Å²) in [4.78, 5) is 8.42. The Balaban J connectivity index is 2.16. The zero-order valence-corrected chi connectivity index (χ0v) is 9.37. The van der Waals surface area contributed by atoms with E-state index in [1.54, 1.807) is 29.1 Å². The third-order valence-electron chi connectivity index (χ3n) is 2.70. The van der Waals surface area contributed by atoms with E-state index in [0.717, 1.165) is 35.3 Å². The number of hydrogen-bond donors (Lipinski definition) is 1. The van der Waals surface area contributed by atoms with Crippen LogP contribution in [0.25, 0.3) is 11.3 Å². The molecule has 4 heteroatoms. The van der Waals surface area contributed by atoms with E-state index >= 15 is 0 Å². The van der Waals surface area contributed by atoms with Gasteiger partial charge in [-0.2, -0.15) is 0 Å². The van der Waals surface area contributed by atoms with E-state index in [9.17, 15) is 5.11 Å². The Kier molecular flexibility index (Phi) is 2.22. The molecule has 0 spiro atoms. The number of nitrogens with zero attached hydrogens (tertiary/aromatic N) is 2.